The van der Waals surface area contributed by atoms with Gasteiger partial charge in [-0.3, -0.25) is 4.79 Å². The Hall–Kier alpha value is -1.98. The van der Waals surface area contributed by atoms with Crippen molar-refractivity contribution in [2.24, 2.45) is 16.8 Å². The number of piperidine rings is 1. The van der Waals surface area contributed by atoms with Gasteiger partial charge in [0.25, 0.3) is 5.91 Å². The Bertz CT molecular complexity index is 481. The summed E-state index contributed by atoms with van der Waals surface area (Å²) < 4.78 is 5.29. The maximum atomic E-state index is 12.4. The molecule has 0 radical (unpaired) electrons. The van der Waals surface area contributed by atoms with Crippen LogP contribution in [-0.4, -0.2) is 34.9 Å². The second-order valence-electron chi connectivity index (χ2n) is 4.73. The van der Waals surface area contributed by atoms with Crippen LogP contribution in [0.2, 0.25) is 0 Å². The Labute approximate surface area is 111 Å². The lowest BCUT2D eigenvalue weighted by atomic mass is 9.96. The van der Waals surface area contributed by atoms with Crippen LogP contribution in [-0.2, 0) is 6.42 Å². The Morgan fingerprint density at radius 3 is 3.16 bits per heavy atom. The molecule has 0 spiro atoms. The van der Waals surface area contributed by atoms with Crippen molar-refractivity contribution in [2.75, 3.05) is 13.1 Å². The molecule has 0 aliphatic carbocycles. The monoisotopic (exact) mass is 265 g/mol. The van der Waals surface area contributed by atoms with Crippen LogP contribution >= 0.6 is 0 Å². The van der Waals surface area contributed by atoms with Gasteiger partial charge in [-0.15, -0.1) is 0 Å². The highest BCUT2D eigenvalue weighted by Gasteiger charge is 2.28. The number of amides is 1. The fourth-order valence-electron chi connectivity index (χ4n) is 2.46. The van der Waals surface area contributed by atoms with Crippen LogP contribution < -0.4 is 5.73 Å². The second-order valence-corrected chi connectivity index (χ2v) is 4.73. The van der Waals surface area contributed by atoms with Crippen molar-refractivity contribution >= 4 is 11.7 Å². The molecule has 1 aromatic rings. The van der Waals surface area contributed by atoms with Gasteiger partial charge in [0.15, 0.2) is 0 Å². The number of nitrogens with two attached hydrogens (primary N) is 1. The Morgan fingerprint density at radius 2 is 2.47 bits per heavy atom. The van der Waals surface area contributed by atoms with E-state index >= 15 is 0 Å². The van der Waals surface area contributed by atoms with Gasteiger partial charge in [0.2, 0.25) is 0 Å². The summed E-state index contributed by atoms with van der Waals surface area (Å²) >= 11 is 0. The molecule has 0 bridgehead atoms. The van der Waals surface area contributed by atoms with Gasteiger partial charge in [-0.2, -0.15) is 0 Å². The van der Waals surface area contributed by atoms with E-state index in [0.29, 0.717) is 30.8 Å². The number of carbonyl (C=O) groups excluding carboxylic acids is 1. The van der Waals surface area contributed by atoms with E-state index in [4.69, 9.17) is 15.4 Å². The molecule has 19 heavy (non-hydrogen) atoms. The smallest absolute Gasteiger partial charge is 0.257 e. The first-order valence-electron chi connectivity index (χ1n) is 6.50. The lowest BCUT2D eigenvalue weighted by molar-refractivity contribution is 0.0699. The predicted octanol–water partition coefficient (Wildman–Crippen LogP) is 1.44. The van der Waals surface area contributed by atoms with Crippen LogP contribution in [0, 0.1) is 5.92 Å². The zero-order valence-corrected chi connectivity index (χ0v) is 11.0. The van der Waals surface area contributed by atoms with Gasteiger partial charge >= 0.3 is 0 Å². The molecule has 0 saturated carbocycles. The fraction of sp³-hybridized carbons (Fsp3) is 0.538. The minimum Gasteiger partial charge on any atom is -0.469 e. The molecule has 1 aliphatic rings. The summed E-state index contributed by atoms with van der Waals surface area (Å²) in [5.74, 6) is 0.789. The standard InChI is InChI=1S/C13H19N3O3/c1-2-11-10(5-7-19-11)13(17)16-6-3-4-9(8-16)12(14)15-18/h5,7,9,18H,2-4,6,8H2,1H3,(H2,14,15). The zero-order valence-electron chi connectivity index (χ0n) is 11.0. The largest absolute Gasteiger partial charge is 0.469 e. The molecule has 2 rings (SSSR count). The lowest BCUT2D eigenvalue weighted by Gasteiger charge is -2.32. The van der Waals surface area contributed by atoms with E-state index in [1.54, 1.807) is 11.0 Å². The van der Waals surface area contributed by atoms with Crippen LogP contribution in [0.25, 0.3) is 0 Å². The summed E-state index contributed by atoms with van der Waals surface area (Å²) in [6.45, 7) is 3.14. The van der Waals surface area contributed by atoms with E-state index in [1.165, 1.54) is 6.26 Å². The number of rotatable bonds is 3. The van der Waals surface area contributed by atoms with Crippen molar-refractivity contribution in [3.05, 3.63) is 23.7 Å². The van der Waals surface area contributed by atoms with Crippen molar-refractivity contribution in [3.63, 3.8) is 0 Å². The molecule has 1 unspecified atom stereocenters. The van der Waals surface area contributed by atoms with E-state index < -0.39 is 0 Å². The van der Waals surface area contributed by atoms with E-state index in [0.717, 1.165) is 12.8 Å². The van der Waals surface area contributed by atoms with Crippen LogP contribution in [0.3, 0.4) is 0 Å². The molecule has 1 amide bonds. The second kappa shape index (κ2) is 5.77. The van der Waals surface area contributed by atoms with Gasteiger partial charge in [-0.25, -0.2) is 0 Å². The Kier molecular flexibility index (Phi) is 4.09. The highest BCUT2D eigenvalue weighted by molar-refractivity contribution is 5.95. The van der Waals surface area contributed by atoms with E-state index in [9.17, 15) is 4.79 Å². The number of furan rings is 1. The summed E-state index contributed by atoms with van der Waals surface area (Å²) in [6.07, 6.45) is 3.92. The van der Waals surface area contributed by atoms with Crippen LogP contribution in [0.5, 0.6) is 0 Å². The van der Waals surface area contributed by atoms with E-state index in [-0.39, 0.29) is 17.7 Å². The van der Waals surface area contributed by atoms with Gasteiger partial charge in [0, 0.05) is 25.4 Å². The summed E-state index contributed by atoms with van der Waals surface area (Å²) in [5.41, 5.74) is 6.24. The number of oxime groups is 1. The number of nitrogens with zero attached hydrogens (tertiary/aromatic N) is 2. The van der Waals surface area contributed by atoms with E-state index in [1.807, 2.05) is 6.92 Å². The molecule has 1 fully saturated rings. The molecule has 6 nitrogen and oxygen atoms in total. The first kappa shape index (κ1) is 13.5. The summed E-state index contributed by atoms with van der Waals surface area (Å²) in [7, 11) is 0. The number of likely N-dealkylation sites (tertiary alicyclic amines) is 1. The molecule has 1 aliphatic heterocycles. The maximum absolute atomic E-state index is 12.4. The number of carbonyl (C=O) groups is 1. The van der Waals surface area contributed by atoms with Gasteiger partial charge < -0.3 is 20.3 Å². The topological polar surface area (TPSA) is 92.1 Å². The van der Waals surface area contributed by atoms with Gasteiger partial charge in [0.05, 0.1) is 11.8 Å². The molecule has 1 atom stereocenters. The molecule has 0 aromatic carbocycles. The zero-order chi connectivity index (χ0) is 13.8. The number of hydrogen-bond donors (Lipinski definition) is 2. The lowest BCUT2D eigenvalue weighted by Crippen LogP contribution is -2.44. The van der Waals surface area contributed by atoms with Crippen molar-refractivity contribution in [1.29, 1.82) is 0 Å². The predicted molar refractivity (Wildman–Crippen MR) is 70.1 cm³/mol. The van der Waals surface area contributed by atoms with Crippen molar-refractivity contribution in [2.45, 2.75) is 26.2 Å². The molecule has 6 heteroatoms. The van der Waals surface area contributed by atoms with Gasteiger partial charge in [0.1, 0.15) is 11.6 Å². The third kappa shape index (κ3) is 2.72. The van der Waals surface area contributed by atoms with Crippen molar-refractivity contribution in [3.8, 4) is 0 Å². The minimum absolute atomic E-state index is 0.0407. The van der Waals surface area contributed by atoms with Crippen molar-refractivity contribution in [1.82, 2.24) is 4.90 Å². The SMILES string of the molecule is CCc1occc1C(=O)N1CCCC(/C(N)=N/O)C1. The third-order valence-electron chi connectivity index (χ3n) is 3.54. The summed E-state index contributed by atoms with van der Waals surface area (Å²) in [5, 5.41) is 11.8. The number of hydrogen-bond acceptors (Lipinski definition) is 4. The average Bonchev–Trinajstić information content (AvgIpc) is 2.94. The van der Waals surface area contributed by atoms with Gasteiger partial charge in [-0.05, 0) is 18.9 Å². The van der Waals surface area contributed by atoms with Crippen molar-refractivity contribution < 1.29 is 14.4 Å². The summed E-state index contributed by atoms with van der Waals surface area (Å²) in [4.78, 5) is 14.2. The van der Waals surface area contributed by atoms with Crippen LogP contribution in [0.4, 0.5) is 0 Å². The highest BCUT2D eigenvalue weighted by atomic mass is 16.4. The first-order chi connectivity index (χ1) is 9.17. The fourth-order valence-corrected chi connectivity index (χ4v) is 2.46. The van der Waals surface area contributed by atoms with Crippen LogP contribution in [0.1, 0.15) is 35.9 Å². The molecular formula is C13H19N3O3. The average molecular weight is 265 g/mol. The maximum Gasteiger partial charge on any atom is 0.257 e. The van der Waals surface area contributed by atoms with E-state index in [2.05, 4.69) is 5.16 Å². The molecule has 1 saturated heterocycles. The molecular weight excluding hydrogens is 246 g/mol. The molecule has 1 aromatic heterocycles. The first-order valence-corrected chi connectivity index (χ1v) is 6.50. The molecule has 104 valence electrons. The van der Waals surface area contributed by atoms with Gasteiger partial charge in [-0.1, -0.05) is 12.1 Å². The number of aryl methyl sites for hydroxylation is 1. The normalized spacial score (nSPS) is 20.6. The Balaban J connectivity index is 2.11. The third-order valence-corrected chi connectivity index (χ3v) is 3.54. The van der Waals surface area contributed by atoms with Crippen LogP contribution in [0.15, 0.2) is 21.9 Å². The molecule has 3 N–H and O–H groups in total. The summed E-state index contributed by atoms with van der Waals surface area (Å²) in [6, 6.07) is 1.70. The quantitative estimate of drug-likeness (QED) is 0.374. The minimum atomic E-state index is -0.0697. The Morgan fingerprint density at radius 1 is 1.68 bits per heavy atom. The number of amidine groups is 1. The molecule has 2 heterocycles. The highest BCUT2D eigenvalue weighted by Crippen LogP contribution is 2.21.